The van der Waals surface area contributed by atoms with Gasteiger partial charge < -0.3 is 69.0 Å². The fourth-order valence-electron chi connectivity index (χ4n) is 6.15. The lowest BCUT2D eigenvalue weighted by molar-refractivity contribution is -0.347. The summed E-state index contributed by atoms with van der Waals surface area (Å²) in [6.45, 7) is 8.14. The van der Waals surface area contributed by atoms with Crippen molar-refractivity contribution in [1.82, 2.24) is 30.2 Å². The van der Waals surface area contributed by atoms with Crippen LogP contribution in [-0.2, 0) is 50.7 Å². The number of phosphoric acid groups is 3. The van der Waals surface area contributed by atoms with Gasteiger partial charge in [-0.3, -0.25) is 28.1 Å². The Morgan fingerprint density at radius 1 is 1.08 bits per heavy atom. The summed E-state index contributed by atoms with van der Waals surface area (Å²) in [7, 11) is -17.6. The maximum atomic E-state index is 12.6. The first kappa shape index (κ1) is 49.0. The van der Waals surface area contributed by atoms with E-state index >= 15 is 0 Å². The van der Waals surface area contributed by atoms with Gasteiger partial charge in [0.1, 0.15) is 36.3 Å². The van der Waals surface area contributed by atoms with Crippen molar-refractivity contribution in [2.75, 3.05) is 37.8 Å². The number of nitrogens with two attached hydrogens (primary N) is 1. The number of nitrogens with one attached hydrogen (secondary N) is 2. The Morgan fingerprint density at radius 3 is 2.39 bits per heavy atom. The molecule has 24 nitrogen and oxygen atoms in total. The summed E-state index contributed by atoms with van der Waals surface area (Å²) in [6.07, 6.45) is -5.49. The highest BCUT2D eigenvalue weighted by molar-refractivity contribution is 8.13. The molecule has 59 heavy (non-hydrogen) atoms. The van der Waals surface area contributed by atoms with Crippen LogP contribution in [0.1, 0.15) is 54.2 Å². The Labute approximate surface area is 342 Å². The van der Waals surface area contributed by atoms with E-state index in [-0.39, 0.29) is 58.9 Å². The van der Waals surface area contributed by atoms with Gasteiger partial charge in [0.15, 0.2) is 22.8 Å². The number of hydrogen-bond acceptors (Lipinski definition) is 22. The third-order valence-corrected chi connectivity index (χ3v) is 13.4. The molecular weight excluding hydrogens is 867 g/mol. The number of aliphatic hydroxyl groups excluding tert-OH is 2. The van der Waals surface area contributed by atoms with Crippen LogP contribution in [0.3, 0.4) is 0 Å². The van der Waals surface area contributed by atoms with Gasteiger partial charge in [-0.15, -0.1) is 0 Å². The van der Waals surface area contributed by atoms with Crippen molar-refractivity contribution in [2.24, 2.45) is 22.7 Å². The first-order valence-electron chi connectivity index (χ1n) is 17.8. The number of amides is 2. The zero-order valence-corrected chi connectivity index (χ0v) is 36.2. The summed E-state index contributed by atoms with van der Waals surface area (Å²) < 4.78 is 60.6. The minimum absolute atomic E-state index is 0.0209. The van der Waals surface area contributed by atoms with Gasteiger partial charge in [-0.25, -0.2) is 19.3 Å². The molecule has 332 valence electrons. The van der Waals surface area contributed by atoms with Crippen molar-refractivity contribution in [1.29, 1.82) is 0 Å². The van der Waals surface area contributed by atoms with Crippen LogP contribution in [0, 0.1) is 22.7 Å². The summed E-state index contributed by atoms with van der Waals surface area (Å²) in [5.41, 5.74) is 5.09. The van der Waals surface area contributed by atoms with Crippen LogP contribution in [0.15, 0.2) is 24.3 Å². The topological polar surface area (TPSA) is 375 Å². The van der Waals surface area contributed by atoms with Crippen LogP contribution in [0.4, 0.5) is 5.82 Å². The largest absolute Gasteiger partial charge is 0.790 e. The Kier molecular flexibility index (Phi) is 15.9. The van der Waals surface area contributed by atoms with E-state index in [2.05, 4.69) is 49.5 Å². The van der Waals surface area contributed by atoms with Gasteiger partial charge in [-0.05, 0) is 25.2 Å². The molecule has 3 heterocycles. The fraction of sp³-hybridized carbons (Fsp3) is 0.677. The molecule has 28 heteroatoms. The average Bonchev–Trinajstić information content (AvgIpc) is 3.35. The number of rotatable bonds is 21. The van der Waals surface area contributed by atoms with Crippen molar-refractivity contribution in [2.45, 2.75) is 78.6 Å². The number of imidazole rings is 1. The predicted molar refractivity (Wildman–Crippen MR) is 198 cm³/mol. The van der Waals surface area contributed by atoms with Crippen LogP contribution < -0.4 is 35.9 Å². The molecule has 1 saturated carbocycles. The molecule has 2 aromatic rings. The molecular formula is C31H46N7O17P3S-4. The lowest BCUT2D eigenvalue weighted by atomic mass is 9.87. The molecule has 0 spiro atoms. The molecule has 2 unspecified atom stereocenters. The van der Waals surface area contributed by atoms with E-state index in [4.69, 9.17) is 10.5 Å². The smallest absolute Gasteiger partial charge is 0.274 e. The summed E-state index contributed by atoms with van der Waals surface area (Å²) in [6, 6.07) is 0. The van der Waals surface area contributed by atoms with Crippen LogP contribution in [-0.4, -0.2) is 103 Å². The summed E-state index contributed by atoms with van der Waals surface area (Å²) in [5.74, 6) is -1.11. The number of phosphoric ester groups is 3. The monoisotopic (exact) mass is 913 g/mol. The first-order valence-corrected chi connectivity index (χ1v) is 23.2. The number of hydrogen-bond donors (Lipinski definition) is 5. The summed E-state index contributed by atoms with van der Waals surface area (Å²) in [4.78, 5) is 97.1. The van der Waals surface area contributed by atoms with Crippen LogP contribution in [0.25, 0.3) is 11.2 Å². The number of anilines is 1. The number of allylic oxidation sites excluding steroid dienone is 2. The number of thioether (sulfide) groups is 1. The Balaban J connectivity index is 1.21. The number of carbonyl (C=O) groups excluding carboxylic acids is 3. The zero-order chi connectivity index (χ0) is 44.3. The van der Waals surface area contributed by atoms with E-state index in [0.29, 0.717) is 5.75 Å². The number of nitrogen functional groups attached to an aromatic ring is 1. The second-order valence-electron chi connectivity index (χ2n) is 15.2. The minimum atomic E-state index is -5.92. The molecule has 4 rings (SSSR count). The third kappa shape index (κ3) is 13.2. The number of nitrogens with zero attached hydrogens (tertiary/aromatic N) is 4. The van der Waals surface area contributed by atoms with Gasteiger partial charge in [0.05, 0.1) is 27.4 Å². The number of aromatic nitrogens is 4. The molecule has 6 N–H and O–H groups in total. The highest BCUT2D eigenvalue weighted by atomic mass is 32.2. The number of fused-ring (bicyclic) bond motifs is 1. The van der Waals surface area contributed by atoms with Crippen molar-refractivity contribution in [3.63, 3.8) is 0 Å². The molecule has 0 radical (unpaired) electrons. The Bertz CT molecular complexity index is 2040. The predicted octanol–water partition coefficient (Wildman–Crippen LogP) is -1.62. The maximum absolute atomic E-state index is 12.6. The lowest BCUT2D eigenvalue weighted by Gasteiger charge is -2.36. The van der Waals surface area contributed by atoms with Gasteiger partial charge in [-0.1, -0.05) is 51.1 Å². The molecule has 2 aliphatic rings. The van der Waals surface area contributed by atoms with Gasteiger partial charge in [-0.2, -0.15) is 0 Å². The lowest BCUT2D eigenvalue weighted by Crippen LogP contribution is -2.46. The fourth-order valence-corrected chi connectivity index (χ4v) is 9.92. The van der Waals surface area contributed by atoms with E-state index in [0.717, 1.165) is 34.6 Å². The standard InChI is InChI=1S/C31H50N7O17P3S/c1-16(2)11-17-20(31(17,5)6)29(43)59-10-9-33-19(39)7-8-34-27(42)24(41)30(3,4)13-52-58(49,50)55-57(47,48)51-12-18-23(54-56(44,45)46)22(40)28(53-18)38-15-37-21-25(32)35-14-36-26(21)38/h11,14-15,17-18,20,22-24,28,40-41H,7-10,12-13H2,1-6H3,(H,33,39)(H,34,42)(H,47,48)(H,49,50)(H2,32,35,36)(H2,44,45,46)/p-4/t17-,18-,20+,22-,23-,24+,28-/m1/s1. The second-order valence-corrected chi connectivity index (χ2v) is 20.4. The average molecular weight is 914 g/mol. The van der Waals surface area contributed by atoms with E-state index in [1.54, 1.807) is 0 Å². The number of ether oxygens (including phenoxy) is 1. The van der Waals surface area contributed by atoms with E-state index in [1.807, 2.05) is 27.7 Å². The van der Waals surface area contributed by atoms with Gasteiger partial charge in [0, 0.05) is 36.6 Å². The van der Waals surface area contributed by atoms with Gasteiger partial charge in [0.25, 0.3) is 15.6 Å². The third-order valence-electron chi connectivity index (χ3n) is 9.40. The van der Waals surface area contributed by atoms with Gasteiger partial charge >= 0.3 is 0 Å². The van der Waals surface area contributed by atoms with Crippen LogP contribution in [0.5, 0.6) is 0 Å². The molecule has 9 atom stereocenters. The molecule has 1 saturated heterocycles. The number of aliphatic hydroxyl groups is 2. The highest BCUT2D eigenvalue weighted by Gasteiger charge is 2.60. The van der Waals surface area contributed by atoms with Crippen LogP contribution in [0.2, 0.25) is 0 Å². The second kappa shape index (κ2) is 19.1. The molecule has 2 amide bonds. The molecule has 0 bridgehead atoms. The normalized spacial score (nSPS) is 25.4. The Morgan fingerprint density at radius 2 is 1.75 bits per heavy atom. The highest BCUT2D eigenvalue weighted by Crippen LogP contribution is 2.61. The summed E-state index contributed by atoms with van der Waals surface area (Å²) in [5, 5.41) is 26.4. The SMILES string of the molecule is CC(C)=C[C@@H]1[C@@H](C(=O)SCCNC(=O)CCNC(=O)[C@H](O)C(C)(C)COP(=O)([O-])OP(=O)([O-])OC[C@H]2O[C@@H](n3cnc4c(N)ncnc43)[C@H](O)[C@@H]2OP(=O)([O-])[O-])C1(C)C. The van der Waals surface area contributed by atoms with Crippen molar-refractivity contribution in [3.8, 4) is 0 Å². The quantitative estimate of drug-likeness (QED) is 0.0533. The first-order chi connectivity index (χ1) is 27.2. The van der Waals surface area contributed by atoms with Crippen molar-refractivity contribution < 1.29 is 80.5 Å². The zero-order valence-electron chi connectivity index (χ0n) is 32.7. The number of carbonyl (C=O) groups is 3. The van der Waals surface area contributed by atoms with Crippen LogP contribution >= 0.6 is 35.2 Å². The summed E-state index contributed by atoms with van der Waals surface area (Å²) >= 11 is 1.13. The van der Waals surface area contributed by atoms with E-state index in [1.165, 1.54) is 13.8 Å². The molecule has 2 fully saturated rings. The van der Waals surface area contributed by atoms with Crippen molar-refractivity contribution >= 4 is 69.1 Å². The molecule has 1 aliphatic carbocycles. The minimum Gasteiger partial charge on any atom is -0.790 e. The van der Waals surface area contributed by atoms with Gasteiger partial charge in [0.2, 0.25) is 11.8 Å². The van der Waals surface area contributed by atoms with E-state index in [9.17, 15) is 57.9 Å². The molecule has 0 aromatic carbocycles. The Hall–Kier alpha value is -2.70. The van der Waals surface area contributed by atoms with Crippen molar-refractivity contribution in [3.05, 3.63) is 24.3 Å². The molecule has 2 aromatic heterocycles. The molecule has 1 aliphatic heterocycles. The maximum Gasteiger partial charge on any atom is 0.274 e. The van der Waals surface area contributed by atoms with E-state index < -0.39 is 84.6 Å².